The molecular formula is C14H9F3OS. The highest BCUT2D eigenvalue weighted by Gasteiger charge is 2.35. The third kappa shape index (κ3) is 2.35. The fourth-order valence-corrected chi connectivity index (χ4v) is 2.73. The smallest absolute Gasteiger partial charge is 0.295 e. The molecule has 3 rings (SSSR count). The zero-order valence-corrected chi connectivity index (χ0v) is 10.5. The van der Waals surface area contributed by atoms with Gasteiger partial charge in [0.1, 0.15) is 18.1 Å². The summed E-state index contributed by atoms with van der Waals surface area (Å²) in [4.78, 5) is 0. The van der Waals surface area contributed by atoms with Gasteiger partial charge in [-0.1, -0.05) is 48.5 Å². The Bertz CT molecular complexity index is 564. The standard InChI is InChI=1S/C14H9F3OS/c15-14(16,17)19-18-13-11-7-3-1-5-9(11)10-6-2-4-8-12(10)13/h1-8,13H. The van der Waals surface area contributed by atoms with Crippen molar-refractivity contribution in [3.05, 3.63) is 59.7 Å². The third-order valence-corrected chi connectivity index (χ3v) is 3.49. The van der Waals surface area contributed by atoms with Crippen LogP contribution in [-0.4, -0.2) is 5.51 Å². The summed E-state index contributed by atoms with van der Waals surface area (Å²) in [6.07, 6.45) is -0.668. The summed E-state index contributed by atoms with van der Waals surface area (Å²) in [5.74, 6) is 0. The first-order chi connectivity index (χ1) is 9.06. The van der Waals surface area contributed by atoms with E-state index >= 15 is 0 Å². The van der Waals surface area contributed by atoms with E-state index in [4.69, 9.17) is 4.18 Å². The van der Waals surface area contributed by atoms with E-state index in [0.717, 1.165) is 22.3 Å². The van der Waals surface area contributed by atoms with Gasteiger partial charge in [-0.05, 0) is 22.3 Å². The maximum absolute atomic E-state index is 12.3. The van der Waals surface area contributed by atoms with Crippen LogP contribution in [0.3, 0.4) is 0 Å². The Labute approximate surface area is 112 Å². The third-order valence-electron chi connectivity index (χ3n) is 3.02. The second-order valence-electron chi connectivity index (χ2n) is 4.18. The molecule has 2 aromatic carbocycles. The van der Waals surface area contributed by atoms with Crippen LogP contribution in [0.15, 0.2) is 48.5 Å². The summed E-state index contributed by atoms with van der Waals surface area (Å²) < 4.78 is 41.9. The lowest BCUT2D eigenvalue weighted by Gasteiger charge is -2.14. The predicted octanol–water partition coefficient (Wildman–Crippen LogP) is 4.94. The molecule has 5 heteroatoms. The monoisotopic (exact) mass is 282 g/mol. The number of halogens is 3. The van der Waals surface area contributed by atoms with E-state index in [-0.39, 0.29) is 0 Å². The van der Waals surface area contributed by atoms with Crippen molar-refractivity contribution in [1.82, 2.24) is 0 Å². The first-order valence-electron chi connectivity index (χ1n) is 5.66. The number of hydrogen-bond donors (Lipinski definition) is 0. The van der Waals surface area contributed by atoms with E-state index in [1.54, 1.807) is 24.3 Å². The van der Waals surface area contributed by atoms with Gasteiger partial charge in [-0.2, -0.15) is 13.2 Å². The van der Waals surface area contributed by atoms with Crippen LogP contribution in [0.4, 0.5) is 13.2 Å². The molecule has 0 aromatic heterocycles. The molecule has 1 aliphatic carbocycles. The highest BCUT2D eigenvalue weighted by Crippen LogP contribution is 2.48. The van der Waals surface area contributed by atoms with Gasteiger partial charge in [-0.25, -0.2) is 0 Å². The lowest BCUT2D eigenvalue weighted by molar-refractivity contribution is -0.0410. The van der Waals surface area contributed by atoms with Crippen molar-refractivity contribution in [2.24, 2.45) is 0 Å². The molecule has 0 bridgehead atoms. The van der Waals surface area contributed by atoms with Gasteiger partial charge >= 0.3 is 5.51 Å². The lowest BCUT2D eigenvalue weighted by atomic mass is 10.1. The largest absolute Gasteiger partial charge is 0.468 e. The predicted molar refractivity (Wildman–Crippen MR) is 68.5 cm³/mol. The van der Waals surface area contributed by atoms with Crippen LogP contribution in [0.2, 0.25) is 0 Å². The molecule has 0 amide bonds. The van der Waals surface area contributed by atoms with Crippen molar-refractivity contribution < 1.29 is 17.4 Å². The molecule has 2 aromatic rings. The molecule has 98 valence electrons. The van der Waals surface area contributed by atoms with Gasteiger partial charge in [0, 0.05) is 0 Å². The van der Waals surface area contributed by atoms with Gasteiger partial charge in [0.15, 0.2) is 0 Å². The summed E-state index contributed by atoms with van der Waals surface area (Å²) in [7, 11) is 0. The first-order valence-corrected chi connectivity index (χ1v) is 6.40. The molecule has 0 saturated heterocycles. The van der Waals surface area contributed by atoms with Gasteiger partial charge in [-0.15, -0.1) is 0 Å². The molecule has 1 aliphatic rings. The highest BCUT2D eigenvalue weighted by atomic mass is 32.2. The fourth-order valence-electron chi connectivity index (χ4n) is 2.32. The van der Waals surface area contributed by atoms with E-state index in [0.29, 0.717) is 0 Å². The summed E-state index contributed by atoms with van der Waals surface area (Å²) >= 11 is -0.442. The van der Waals surface area contributed by atoms with Gasteiger partial charge in [0.25, 0.3) is 0 Å². The quantitative estimate of drug-likeness (QED) is 0.721. The van der Waals surface area contributed by atoms with Gasteiger partial charge < -0.3 is 0 Å². The molecule has 0 saturated carbocycles. The Morgan fingerprint density at radius 1 is 0.842 bits per heavy atom. The Morgan fingerprint density at radius 2 is 1.32 bits per heavy atom. The second-order valence-corrected chi connectivity index (χ2v) is 5.00. The van der Waals surface area contributed by atoms with Crippen LogP contribution in [0.1, 0.15) is 17.2 Å². The van der Waals surface area contributed by atoms with Crippen LogP contribution < -0.4 is 0 Å². The van der Waals surface area contributed by atoms with Gasteiger partial charge in [-0.3, -0.25) is 4.18 Å². The molecule has 0 N–H and O–H groups in total. The molecule has 0 fully saturated rings. The first kappa shape index (κ1) is 12.6. The average molecular weight is 282 g/mol. The van der Waals surface area contributed by atoms with Crippen molar-refractivity contribution >= 4 is 12.0 Å². The number of benzene rings is 2. The zero-order chi connectivity index (χ0) is 13.5. The van der Waals surface area contributed by atoms with E-state index in [2.05, 4.69) is 0 Å². The summed E-state index contributed by atoms with van der Waals surface area (Å²) in [6.45, 7) is 0. The van der Waals surface area contributed by atoms with Crippen molar-refractivity contribution in [2.45, 2.75) is 11.6 Å². The number of hydrogen-bond acceptors (Lipinski definition) is 2. The Kier molecular flexibility index (Phi) is 3.03. The SMILES string of the molecule is FC(F)(F)SOC1c2ccccc2-c2ccccc21. The van der Waals surface area contributed by atoms with Crippen molar-refractivity contribution in [3.8, 4) is 11.1 Å². The van der Waals surface area contributed by atoms with Crippen molar-refractivity contribution in [3.63, 3.8) is 0 Å². The second kappa shape index (κ2) is 4.58. The summed E-state index contributed by atoms with van der Waals surface area (Å²) in [5.41, 5.74) is -0.968. The van der Waals surface area contributed by atoms with Crippen LogP contribution in [-0.2, 0) is 4.18 Å². The highest BCUT2D eigenvalue weighted by molar-refractivity contribution is 7.95. The molecular weight excluding hydrogens is 273 g/mol. The molecule has 19 heavy (non-hydrogen) atoms. The summed E-state index contributed by atoms with van der Waals surface area (Å²) in [6, 6.07) is 14.8. The van der Waals surface area contributed by atoms with E-state index < -0.39 is 23.7 Å². The van der Waals surface area contributed by atoms with Gasteiger partial charge in [0.2, 0.25) is 0 Å². The van der Waals surface area contributed by atoms with Crippen molar-refractivity contribution in [2.75, 3.05) is 0 Å². The lowest BCUT2D eigenvalue weighted by Crippen LogP contribution is -2.05. The van der Waals surface area contributed by atoms with E-state index in [1.165, 1.54) is 0 Å². The van der Waals surface area contributed by atoms with Crippen LogP contribution >= 0.6 is 12.0 Å². The summed E-state index contributed by atoms with van der Waals surface area (Å²) in [5, 5.41) is 0. The maximum atomic E-state index is 12.3. The van der Waals surface area contributed by atoms with Crippen LogP contribution in [0.5, 0.6) is 0 Å². The Hall–Kier alpha value is -1.46. The van der Waals surface area contributed by atoms with Crippen molar-refractivity contribution in [1.29, 1.82) is 0 Å². The molecule has 1 nitrogen and oxygen atoms in total. The van der Waals surface area contributed by atoms with E-state index in [9.17, 15) is 13.2 Å². The molecule has 0 atom stereocenters. The van der Waals surface area contributed by atoms with Crippen LogP contribution in [0, 0.1) is 0 Å². The van der Waals surface area contributed by atoms with E-state index in [1.807, 2.05) is 24.3 Å². The average Bonchev–Trinajstić information content (AvgIpc) is 2.70. The normalized spacial score (nSPS) is 14.3. The Morgan fingerprint density at radius 3 is 1.79 bits per heavy atom. The minimum absolute atomic E-state index is 0.442. The molecule has 0 heterocycles. The Balaban J connectivity index is 2.00. The topological polar surface area (TPSA) is 9.23 Å². The molecule has 0 unspecified atom stereocenters. The molecule has 0 spiro atoms. The van der Waals surface area contributed by atoms with Crippen LogP contribution in [0.25, 0.3) is 11.1 Å². The zero-order valence-electron chi connectivity index (χ0n) is 9.65. The number of fused-ring (bicyclic) bond motifs is 3. The fraction of sp³-hybridized carbons (Fsp3) is 0.143. The number of alkyl halides is 3. The maximum Gasteiger partial charge on any atom is 0.468 e. The minimum Gasteiger partial charge on any atom is -0.295 e. The molecule has 0 radical (unpaired) electrons. The van der Waals surface area contributed by atoms with Gasteiger partial charge in [0.05, 0.1) is 0 Å². The molecule has 0 aliphatic heterocycles. The number of rotatable bonds is 2. The minimum atomic E-state index is -4.40.